The number of methoxy groups -OCH3 is 1. The topological polar surface area (TPSA) is 53.6 Å². The largest absolute Gasteiger partial charge is 0.383 e. The molecule has 0 saturated carbocycles. The first-order valence-electron chi connectivity index (χ1n) is 8.12. The van der Waals surface area contributed by atoms with Crippen LogP contribution in [0.5, 0.6) is 0 Å². The maximum atomic E-state index is 12.2. The van der Waals surface area contributed by atoms with Crippen LogP contribution in [0.3, 0.4) is 0 Å². The van der Waals surface area contributed by atoms with Gasteiger partial charge in [0.1, 0.15) is 0 Å². The summed E-state index contributed by atoms with van der Waals surface area (Å²) in [4.78, 5) is 14.6. The Hall–Kier alpha value is -0.650. The van der Waals surface area contributed by atoms with Crippen molar-refractivity contribution in [3.63, 3.8) is 0 Å². The van der Waals surface area contributed by atoms with Gasteiger partial charge in [-0.05, 0) is 47.1 Å². The molecule has 1 rings (SSSR count). The highest BCUT2D eigenvalue weighted by Crippen LogP contribution is 2.20. The number of amides is 1. The molecule has 0 radical (unpaired) electrons. The second kappa shape index (κ2) is 8.71. The molecule has 0 bridgehead atoms. The van der Waals surface area contributed by atoms with Crippen LogP contribution in [0.4, 0.5) is 0 Å². The molecule has 124 valence electrons. The lowest BCUT2D eigenvalue weighted by Gasteiger charge is -2.40. The van der Waals surface area contributed by atoms with Gasteiger partial charge in [0.05, 0.1) is 12.6 Å². The first-order chi connectivity index (χ1) is 9.85. The fourth-order valence-electron chi connectivity index (χ4n) is 2.75. The average molecular weight is 299 g/mol. The van der Waals surface area contributed by atoms with Crippen LogP contribution in [-0.4, -0.2) is 61.8 Å². The molecule has 5 nitrogen and oxygen atoms in total. The van der Waals surface area contributed by atoms with E-state index in [1.165, 1.54) is 19.3 Å². The van der Waals surface area contributed by atoms with Crippen molar-refractivity contribution in [1.29, 1.82) is 0 Å². The van der Waals surface area contributed by atoms with Gasteiger partial charge in [-0.3, -0.25) is 9.69 Å². The van der Waals surface area contributed by atoms with E-state index in [9.17, 15) is 4.79 Å². The smallest absolute Gasteiger partial charge is 0.237 e. The van der Waals surface area contributed by atoms with E-state index in [2.05, 4.69) is 36.3 Å². The number of hydrogen-bond acceptors (Lipinski definition) is 4. The number of carbonyl (C=O) groups excluding carboxylic acids is 1. The van der Waals surface area contributed by atoms with Gasteiger partial charge in [0.2, 0.25) is 5.91 Å². The molecule has 0 aromatic heterocycles. The Labute approximate surface area is 129 Å². The zero-order valence-electron chi connectivity index (χ0n) is 14.4. The van der Waals surface area contributed by atoms with E-state index >= 15 is 0 Å². The minimum atomic E-state index is -0.0751. The SMILES string of the molecule is COCCNC(=O)C(C)N1CCCCC1CNC(C)(C)C. The third kappa shape index (κ3) is 6.76. The molecule has 0 aliphatic carbocycles. The van der Waals surface area contributed by atoms with Gasteiger partial charge in [-0.25, -0.2) is 0 Å². The Morgan fingerprint density at radius 3 is 2.71 bits per heavy atom. The number of rotatable bonds is 7. The quantitative estimate of drug-likeness (QED) is 0.697. The van der Waals surface area contributed by atoms with Crippen LogP contribution in [0, 0.1) is 0 Å². The fraction of sp³-hybridized carbons (Fsp3) is 0.938. The van der Waals surface area contributed by atoms with Crippen molar-refractivity contribution in [1.82, 2.24) is 15.5 Å². The number of carbonyl (C=O) groups is 1. The highest BCUT2D eigenvalue weighted by atomic mass is 16.5. The fourth-order valence-corrected chi connectivity index (χ4v) is 2.75. The summed E-state index contributed by atoms with van der Waals surface area (Å²) >= 11 is 0. The van der Waals surface area contributed by atoms with Gasteiger partial charge >= 0.3 is 0 Å². The number of piperidine rings is 1. The van der Waals surface area contributed by atoms with Crippen LogP contribution in [0.2, 0.25) is 0 Å². The summed E-state index contributed by atoms with van der Waals surface area (Å²) in [5, 5.41) is 6.52. The van der Waals surface area contributed by atoms with E-state index in [1.807, 2.05) is 6.92 Å². The number of likely N-dealkylation sites (tertiary alicyclic amines) is 1. The lowest BCUT2D eigenvalue weighted by atomic mass is 9.98. The van der Waals surface area contributed by atoms with Gasteiger partial charge in [-0.1, -0.05) is 6.42 Å². The van der Waals surface area contributed by atoms with Crippen molar-refractivity contribution in [2.75, 3.05) is 33.4 Å². The monoisotopic (exact) mass is 299 g/mol. The number of hydrogen-bond donors (Lipinski definition) is 2. The Bertz CT molecular complexity index is 315. The van der Waals surface area contributed by atoms with Crippen molar-refractivity contribution in [2.24, 2.45) is 0 Å². The molecule has 0 spiro atoms. The maximum Gasteiger partial charge on any atom is 0.237 e. The summed E-state index contributed by atoms with van der Waals surface area (Å²) in [6.45, 7) is 11.7. The zero-order valence-corrected chi connectivity index (χ0v) is 14.4. The normalized spacial score (nSPS) is 22.0. The molecule has 1 aliphatic rings. The van der Waals surface area contributed by atoms with Crippen molar-refractivity contribution in [2.45, 2.75) is 64.6 Å². The Kier molecular flexibility index (Phi) is 7.63. The molecule has 1 saturated heterocycles. The predicted octanol–water partition coefficient (Wildman–Crippen LogP) is 1.38. The van der Waals surface area contributed by atoms with E-state index in [-0.39, 0.29) is 17.5 Å². The zero-order chi connectivity index (χ0) is 15.9. The van der Waals surface area contributed by atoms with Gasteiger partial charge < -0.3 is 15.4 Å². The Balaban J connectivity index is 2.52. The molecule has 1 fully saturated rings. The van der Waals surface area contributed by atoms with E-state index in [0.29, 0.717) is 19.2 Å². The van der Waals surface area contributed by atoms with Crippen LogP contribution < -0.4 is 10.6 Å². The second-order valence-electron chi connectivity index (χ2n) is 6.98. The van der Waals surface area contributed by atoms with Gasteiger partial charge in [-0.2, -0.15) is 0 Å². The number of nitrogens with one attached hydrogen (secondary N) is 2. The van der Waals surface area contributed by atoms with E-state index in [1.54, 1.807) is 7.11 Å². The van der Waals surface area contributed by atoms with Crippen LogP contribution >= 0.6 is 0 Å². The number of nitrogens with zero attached hydrogens (tertiary/aromatic N) is 1. The Morgan fingerprint density at radius 1 is 1.38 bits per heavy atom. The van der Waals surface area contributed by atoms with E-state index in [0.717, 1.165) is 13.1 Å². The summed E-state index contributed by atoms with van der Waals surface area (Å²) in [5.74, 6) is 0.106. The van der Waals surface area contributed by atoms with Crippen LogP contribution in [0.25, 0.3) is 0 Å². The first-order valence-corrected chi connectivity index (χ1v) is 8.12. The molecular formula is C16H33N3O2. The molecule has 2 N–H and O–H groups in total. The van der Waals surface area contributed by atoms with Gasteiger partial charge in [-0.15, -0.1) is 0 Å². The minimum absolute atomic E-state index is 0.0751. The molecule has 2 atom stereocenters. The van der Waals surface area contributed by atoms with E-state index in [4.69, 9.17) is 4.74 Å². The summed E-state index contributed by atoms with van der Waals surface area (Å²) in [5.41, 5.74) is 0.118. The first kappa shape index (κ1) is 18.4. The highest BCUT2D eigenvalue weighted by Gasteiger charge is 2.30. The second-order valence-corrected chi connectivity index (χ2v) is 6.98. The van der Waals surface area contributed by atoms with Crippen LogP contribution in [-0.2, 0) is 9.53 Å². The molecule has 1 amide bonds. The van der Waals surface area contributed by atoms with E-state index < -0.39 is 0 Å². The predicted molar refractivity (Wildman–Crippen MR) is 86.4 cm³/mol. The van der Waals surface area contributed by atoms with Gasteiger partial charge in [0.15, 0.2) is 0 Å². The molecular weight excluding hydrogens is 266 g/mol. The van der Waals surface area contributed by atoms with Crippen molar-refractivity contribution in [3.05, 3.63) is 0 Å². The van der Waals surface area contributed by atoms with Crippen molar-refractivity contribution >= 4 is 5.91 Å². The Morgan fingerprint density at radius 2 is 2.10 bits per heavy atom. The van der Waals surface area contributed by atoms with Gasteiger partial charge in [0, 0.05) is 31.8 Å². The lowest BCUT2D eigenvalue weighted by molar-refractivity contribution is -0.127. The third-order valence-corrected chi connectivity index (χ3v) is 4.02. The third-order valence-electron chi connectivity index (χ3n) is 4.02. The molecule has 5 heteroatoms. The standard InChI is InChI=1S/C16H33N3O2/c1-13(15(20)17-9-11-21-5)19-10-7-6-8-14(19)12-18-16(2,3)4/h13-14,18H,6-12H2,1-5H3,(H,17,20). The van der Waals surface area contributed by atoms with Gasteiger partial charge in [0.25, 0.3) is 0 Å². The molecule has 1 aliphatic heterocycles. The summed E-state index contributed by atoms with van der Waals surface area (Å²) in [7, 11) is 1.65. The highest BCUT2D eigenvalue weighted by molar-refractivity contribution is 5.81. The number of ether oxygens (including phenoxy) is 1. The summed E-state index contributed by atoms with van der Waals surface area (Å²) in [6.07, 6.45) is 3.60. The molecule has 0 aromatic carbocycles. The van der Waals surface area contributed by atoms with Crippen LogP contribution in [0.15, 0.2) is 0 Å². The van der Waals surface area contributed by atoms with Crippen LogP contribution in [0.1, 0.15) is 47.0 Å². The van der Waals surface area contributed by atoms with Crippen molar-refractivity contribution < 1.29 is 9.53 Å². The van der Waals surface area contributed by atoms with Crippen molar-refractivity contribution in [3.8, 4) is 0 Å². The molecule has 2 unspecified atom stereocenters. The average Bonchev–Trinajstić information content (AvgIpc) is 2.44. The summed E-state index contributed by atoms with van der Waals surface area (Å²) in [6, 6.07) is 0.370. The lowest BCUT2D eigenvalue weighted by Crippen LogP contribution is -2.56. The minimum Gasteiger partial charge on any atom is -0.383 e. The summed E-state index contributed by atoms with van der Waals surface area (Å²) < 4.78 is 4.98. The maximum absolute atomic E-state index is 12.2. The molecule has 0 aromatic rings. The molecule has 1 heterocycles. The molecule has 21 heavy (non-hydrogen) atoms.